The topological polar surface area (TPSA) is 15.3 Å². The van der Waals surface area contributed by atoms with E-state index in [0.717, 1.165) is 12.5 Å². The van der Waals surface area contributed by atoms with Crippen LogP contribution in [0.2, 0.25) is 0 Å². The number of likely N-dealkylation sites (tertiary alicyclic amines) is 1. The highest BCUT2D eigenvalue weighted by Gasteiger charge is 2.31. The highest BCUT2D eigenvalue weighted by atomic mass is 15.2. The first-order chi connectivity index (χ1) is 8.40. The second-order valence-electron chi connectivity index (χ2n) is 6.99. The molecule has 2 unspecified atom stereocenters. The Kier molecular flexibility index (Phi) is 6.13. The van der Waals surface area contributed by atoms with Crippen LogP contribution in [0.4, 0.5) is 0 Å². The number of hydrogen-bond acceptors (Lipinski definition) is 2. The molecular weight excluding hydrogens is 220 g/mol. The lowest BCUT2D eigenvalue weighted by Gasteiger charge is -2.43. The maximum Gasteiger partial charge on any atom is 0.0220 e. The second kappa shape index (κ2) is 6.91. The Hall–Kier alpha value is -0.0800. The smallest absolute Gasteiger partial charge is 0.0220 e. The van der Waals surface area contributed by atoms with E-state index in [1.165, 1.54) is 32.4 Å². The highest BCUT2D eigenvalue weighted by molar-refractivity contribution is 4.86. The quantitative estimate of drug-likeness (QED) is 0.807. The van der Waals surface area contributed by atoms with Crippen LogP contribution in [0.5, 0.6) is 0 Å². The Morgan fingerprint density at radius 2 is 1.72 bits per heavy atom. The van der Waals surface area contributed by atoms with Gasteiger partial charge < -0.3 is 5.32 Å². The summed E-state index contributed by atoms with van der Waals surface area (Å²) in [6.45, 7) is 17.7. The standard InChI is InChI=1S/C16H34N2/c1-7-15(17-8-2)13(3)18-11-9-14(10-12-18)16(4,5)6/h13-15,17H,7-12H2,1-6H3. The van der Waals surface area contributed by atoms with Gasteiger partial charge in [-0.25, -0.2) is 0 Å². The average Bonchev–Trinajstić information content (AvgIpc) is 2.34. The molecule has 18 heavy (non-hydrogen) atoms. The van der Waals surface area contributed by atoms with E-state index in [-0.39, 0.29) is 0 Å². The zero-order valence-electron chi connectivity index (χ0n) is 13.4. The van der Waals surface area contributed by atoms with Gasteiger partial charge in [0.05, 0.1) is 0 Å². The molecule has 0 radical (unpaired) electrons. The molecule has 1 fully saturated rings. The lowest BCUT2D eigenvalue weighted by Crippen LogP contribution is -2.51. The van der Waals surface area contributed by atoms with Gasteiger partial charge in [0.25, 0.3) is 0 Å². The van der Waals surface area contributed by atoms with E-state index < -0.39 is 0 Å². The lowest BCUT2D eigenvalue weighted by atomic mass is 9.75. The summed E-state index contributed by atoms with van der Waals surface area (Å²) in [6, 6.07) is 1.33. The number of likely N-dealkylation sites (N-methyl/N-ethyl adjacent to an activating group) is 1. The summed E-state index contributed by atoms with van der Waals surface area (Å²) in [5.74, 6) is 0.903. The molecule has 0 amide bonds. The van der Waals surface area contributed by atoms with Crippen molar-refractivity contribution in [3.05, 3.63) is 0 Å². The summed E-state index contributed by atoms with van der Waals surface area (Å²) < 4.78 is 0. The molecule has 2 nitrogen and oxygen atoms in total. The van der Waals surface area contributed by atoms with Crippen molar-refractivity contribution in [2.75, 3.05) is 19.6 Å². The van der Waals surface area contributed by atoms with Gasteiger partial charge in [-0.3, -0.25) is 4.90 Å². The summed E-state index contributed by atoms with van der Waals surface area (Å²) in [5.41, 5.74) is 0.487. The molecule has 0 aromatic heterocycles. The average molecular weight is 254 g/mol. The molecule has 0 aromatic rings. The van der Waals surface area contributed by atoms with Crippen LogP contribution in [0.3, 0.4) is 0 Å². The summed E-state index contributed by atoms with van der Waals surface area (Å²) >= 11 is 0. The SMILES string of the molecule is CCNC(CC)C(C)N1CCC(C(C)(C)C)CC1. The van der Waals surface area contributed by atoms with Crippen LogP contribution in [0.15, 0.2) is 0 Å². The van der Waals surface area contributed by atoms with Gasteiger partial charge in [-0.2, -0.15) is 0 Å². The number of hydrogen-bond donors (Lipinski definition) is 1. The number of piperidine rings is 1. The monoisotopic (exact) mass is 254 g/mol. The highest BCUT2D eigenvalue weighted by Crippen LogP contribution is 2.34. The van der Waals surface area contributed by atoms with Crippen molar-refractivity contribution in [1.82, 2.24) is 10.2 Å². The zero-order valence-corrected chi connectivity index (χ0v) is 13.4. The third-order valence-corrected chi connectivity index (χ3v) is 4.82. The van der Waals surface area contributed by atoms with E-state index in [9.17, 15) is 0 Å². The van der Waals surface area contributed by atoms with Crippen molar-refractivity contribution in [2.24, 2.45) is 11.3 Å². The van der Waals surface area contributed by atoms with Crippen LogP contribution in [0.1, 0.15) is 60.8 Å². The maximum atomic E-state index is 3.63. The molecule has 2 atom stereocenters. The molecule has 1 aliphatic rings. The summed E-state index contributed by atoms with van der Waals surface area (Å²) in [7, 11) is 0. The van der Waals surface area contributed by atoms with Gasteiger partial charge in [0.1, 0.15) is 0 Å². The molecule has 1 rings (SSSR count). The van der Waals surface area contributed by atoms with Crippen molar-refractivity contribution in [3.8, 4) is 0 Å². The molecule has 2 heteroatoms. The fourth-order valence-corrected chi connectivity index (χ4v) is 3.35. The Labute approximate surface area is 115 Å². The van der Waals surface area contributed by atoms with E-state index in [1.54, 1.807) is 0 Å². The first-order valence-electron chi connectivity index (χ1n) is 7.87. The summed E-state index contributed by atoms with van der Waals surface area (Å²) in [6.07, 6.45) is 3.97. The van der Waals surface area contributed by atoms with E-state index in [1.807, 2.05) is 0 Å². The van der Waals surface area contributed by atoms with E-state index in [4.69, 9.17) is 0 Å². The molecule has 1 heterocycles. The van der Waals surface area contributed by atoms with Gasteiger partial charge in [0, 0.05) is 12.1 Å². The van der Waals surface area contributed by atoms with Crippen molar-refractivity contribution in [1.29, 1.82) is 0 Å². The number of nitrogens with zero attached hydrogens (tertiary/aromatic N) is 1. The Morgan fingerprint density at radius 3 is 2.11 bits per heavy atom. The molecule has 0 spiro atoms. The second-order valence-corrected chi connectivity index (χ2v) is 6.99. The van der Waals surface area contributed by atoms with Gasteiger partial charge >= 0.3 is 0 Å². The van der Waals surface area contributed by atoms with Crippen LogP contribution in [0, 0.1) is 11.3 Å². The van der Waals surface area contributed by atoms with Crippen LogP contribution < -0.4 is 5.32 Å². The summed E-state index contributed by atoms with van der Waals surface area (Å²) in [5, 5.41) is 3.63. The Balaban J connectivity index is 2.46. The third-order valence-electron chi connectivity index (χ3n) is 4.82. The summed E-state index contributed by atoms with van der Waals surface area (Å²) in [4.78, 5) is 2.69. The molecule has 0 aromatic carbocycles. The number of nitrogens with one attached hydrogen (secondary N) is 1. The predicted octanol–water partition coefficient (Wildman–Crippen LogP) is 3.52. The molecule has 108 valence electrons. The van der Waals surface area contributed by atoms with Gasteiger partial charge in [-0.1, -0.05) is 34.6 Å². The molecule has 1 saturated heterocycles. The minimum absolute atomic E-state index is 0.487. The van der Waals surface area contributed by atoms with Crippen molar-refractivity contribution in [3.63, 3.8) is 0 Å². The zero-order chi connectivity index (χ0) is 13.8. The predicted molar refractivity (Wildman–Crippen MR) is 81.0 cm³/mol. The van der Waals surface area contributed by atoms with Crippen LogP contribution in [-0.4, -0.2) is 36.6 Å². The molecule has 0 aliphatic carbocycles. The van der Waals surface area contributed by atoms with Gasteiger partial charge in [-0.05, 0) is 57.2 Å². The first kappa shape index (κ1) is 16.0. The third kappa shape index (κ3) is 4.24. The molecule has 1 N–H and O–H groups in total. The van der Waals surface area contributed by atoms with Gasteiger partial charge in [0.15, 0.2) is 0 Å². The van der Waals surface area contributed by atoms with E-state index in [0.29, 0.717) is 17.5 Å². The van der Waals surface area contributed by atoms with Crippen molar-refractivity contribution in [2.45, 2.75) is 72.9 Å². The fraction of sp³-hybridized carbons (Fsp3) is 1.00. The molecule has 0 bridgehead atoms. The van der Waals surface area contributed by atoms with Gasteiger partial charge in [-0.15, -0.1) is 0 Å². The number of rotatable bonds is 5. The van der Waals surface area contributed by atoms with Crippen LogP contribution in [-0.2, 0) is 0 Å². The minimum Gasteiger partial charge on any atom is -0.313 e. The largest absolute Gasteiger partial charge is 0.313 e. The fourth-order valence-electron chi connectivity index (χ4n) is 3.35. The maximum absolute atomic E-state index is 3.63. The van der Waals surface area contributed by atoms with E-state index in [2.05, 4.69) is 51.8 Å². The molecule has 1 aliphatic heterocycles. The Morgan fingerprint density at radius 1 is 1.17 bits per heavy atom. The van der Waals surface area contributed by atoms with E-state index >= 15 is 0 Å². The minimum atomic E-state index is 0.487. The molecular formula is C16H34N2. The lowest BCUT2D eigenvalue weighted by molar-refractivity contribution is 0.0738. The normalized spacial score (nSPS) is 23.0. The molecule has 0 saturated carbocycles. The van der Waals surface area contributed by atoms with Gasteiger partial charge in [0.2, 0.25) is 0 Å². The van der Waals surface area contributed by atoms with Crippen LogP contribution >= 0.6 is 0 Å². The van der Waals surface area contributed by atoms with Crippen LogP contribution in [0.25, 0.3) is 0 Å². The van der Waals surface area contributed by atoms with Crippen molar-refractivity contribution < 1.29 is 0 Å². The van der Waals surface area contributed by atoms with Crippen molar-refractivity contribution >= 4 is 0 Å². The Bertz CT molecular complexity index is 224. The first-order valence-corrected chi connectivity index (χ1v) is 7.87.